The number of benzene rings is 1. The quantitative estimate of drug-likeness (QED) is 0.752. The Hall–Kier alpha value is -1.14. The van der Waals surface area contributed by atoms with E-state index in [1.165, 1.54) is 4.31 Å². The molecule has 0 N–H and O–H groups in total. The van der Waals surface area contributed by atoms with Crippen molar-refractivity contribution >= 4 is 31.7 Å². The Kier molecular flexibility index (Phi) is 3.69. The predicted octanol–water partition coefficient (Wildman–Crippen LogP) is 2.62. The molecule has 3 atom stereocenters. The van der Waals surface area contributed by atoms with Crippen LogP contribution in [0.2, 0.25) is 0 Å². The minimum Gasteiger partial charge on any atom is -0.298 e. The van der Waals surface area contributed by atoms with Crippen LogP contribution in [0.4, 0.5) is 0 Å². The number of halogens is 1. The van der Waals surface area contributed by atoms with Gasteiger partial charge in [0.05, 0.1) is 21.7 Å². The van der Waals surface area contributed by atoms with Crippen LogP contribution >= 0.6 is 15.9 Å². The number of hydrogen-bond acceptors (Lipinski definition) is 3. The molecule has 0 radical (unpaired) electrons. The van der Waals surface area contributed by atoms with Gasteiger partial charge < -0.3 is 0 Å². The van der Waals surface area contributed by atoms with Gasteiger partial charge in [0.15, 0.2) is 5.78 Å². The summed E-state index contributed by atoms with van der Waals surface area (Å²) >= 11 is 3.36. The average molecular weight is 370 g/mol. The lowest BCUT2D eigenvalue weighted by atomic mass is 9.85. The third-order valence-corrected chi connectivity index (χ3v) is 6.86. The van der Waals surface area contributed by atoms with Crippen molar-refractivity contribution in [1.29, 1.82) is 0 Å². The van der Waals surface area contributed by atoms with Gasteiger partial charge >= 0.3 is 0 Å². The summed E-state index contributed by atoms with van der Waals surface area (Å²) in [5, 5.41) is 0. The van der Waals surface area contributed by atoms with Crippen LogP contribution in [0, 0.1) is 12.8 Å². The lowest BCUT2D eigenvalue weighted by Crippen LogP contribution is -2.44. The van der Waals surface area contributed by atoms with Crippen molar-refractivity contribution in [3.63, 3.8) is 0 Å². The number of aryl methyl sites for hydroxylation is 1. The van der Waals surface area contributed by atoms with Crippen molar-refractivity contribution in [1.82, 2.24) is 4.31 Å². The monoisotopic (exact) mass is 369 g/mol. The summed E-state index contributed by atoms with van der Waals surface area (Å²) in [5.41, 5.74) is 1.01. The van der Waals surface area contributed by atoms with E-state index in [2.05, 4.69) is 15.9 Å². The summed E-state index contributed by atoms with van der Waals surface area (Å²) in [6.07, 6.45) is 4.62. The fourth-order valence-electron chi connectivity index (χ4n) is 2.92. The van der Waals surface area contributed by atoms with Crippen molar-refractivity contribution < 1.29 is 13.2 Å². The van der Waals surface area contributed by atoms with E-state index in [0.717, 1.165) is 5.56 Å². The molecule has 2 aliphatic rings. The molecule has 0 aromatic heterocycles. The van der Waals surface area contributed by atoms with Crippen LogP contribution in [0.5, 0.6) is 0 Å². The van der Waals surface area contributed by atoms with Gasteiger partial charge in [-0.25, -0.2) is 8.42 Å². The molecule has 1 fully saturated rings. The Balaban J connectivity index is 1.93. The number of hydrogen-bond donors (Lipinski definition) is 0. The first kappa shape index (κ1) is 14.8. The molecular formula is C15H16BrNO3S. The van der Waals surface area contributed by atoms with Gasteiger partial charge in [-0.1, -0.05) is 39.7 Å². The van der Waals surface area contributed by atoms with E-state index in [4.69, 9.17) is 0 Å². The average Bonchev–Trinajstić information content (AvgIpc) is 2.89. The van der Waals surface area contributed by atoms with E-state index in [1.807, 2.05) is 6.92 Å². The molecule has 0 amide bonds. The smallest absolute Gasteiger partial charge is 0.264 e. The molecule has 3 rings (SSSR count). The zero-order valence-electron chi connectivity index (χ0n) is 11.6. The van der Waals surface area contributed by atoms with Crippen LogP contribution in [0.15, 0.2) is 41.4 Å². The normalized spacial score (nSPS) is 28.8. The van der Waals surface area contributed by atoms with Crippen LogP contribution in [0.25, 0.3) is 0 Å². The number of ketones is 1. The highest BCUT2D eigenvalue weighted by Gasteiger charge is 2.44. The molecule has 4 nitrogen and oxygen atoms in total. The predicted molar refractivity (Wildman–Crippen MR) is 83.6 cm³/mol. The second-order valence-corrected chi connectivity index (χ2v) is 8.48. The maximum Gasteiger partial charge on any atom is 0.264 e. The molecule has 1 aromatic rings. The summed E-state index contributed by atoms with van der Waals surface area (Å²) in [5.74, 6) is -0.257. The van der Waals surface area contributed by atoms with Gasteiger partial charge in [0.1, 0.15) is 0 Å². The van der Waals surface area contributed by atoms with E-state index in [0.29, 0.717) is 12.8 Å². The highest BCUT2D eigenvalue weighted by atomic mass is 79.9. The summed E-state index contributed by atoms with van der Waals surface area (Å²) in [6, 6.07) is 6.51. The number of carbonyl (C=O) groups is 1. The number of nitrogens with zero attached hydrogens (tertiary/aromatic N) is 1. The zero-order chi connectivity index (χ0) is 15.2. The molecule has 1 heterocycles. The van der Waals surface area contributed by atoms with Gasteiger partial charge in [0.25, 0.3) is 10.0 Å². The van der Waals surface area contributed by atoms with Crippen LogP contribution in [-0.2, 0) is 14.8 Å². The molecule has 1 saturated carbocycles. The third kappa shape index (κ3) is 2.44. The topological polar surface area (TPSA) is 54.5 Å². The molecule has 0 unspecified atom stereocenters. The second kappa shape index (κ2) is 5.25. The van der Waals surface area contributed by atoms with Gasteiger partial charge in [0, 0.05) is 6.20 Å². The molecule has 0 spiro atoms. The maximum atomic E-state index is 12.7. The van der Waals surface area contributed by atoms with Crippen LogP contribution in [0.1, 0.15) is 18.4 Å². The van der Waals surface area contributed by atoms with Gasteiger partial charge in [-0.15, -0.1) is 0 Å². The van der Waals surface area contributed by atoms with Gasteiger partial charge in [-0.05, 0) is 31.9 Å². The molecule has 6 heteroatoms. The Labute approximate surface area is 133 Å². The Morgan fingerprint density at radius 1 is 1.19 bits per heavy atom. The van der Waals surface area contributed by atoms with E-state index < -0.39 is 10.0 Å². The Bertz CT molecular complexity index is 696. The Morgan fingerprint density at radius 2 is 1.86 bits per heavy atom. The van der Waals surface area contributed by atoms with Crippen molar-refractivity contribution in [3.05, 3.63) is 42.1 Å². The summed E-state index contributed by atoms with van der Waals surface area (Å²) in [4.78, 5) is 12.2. The summed E-state index contributed by atoms with van der Waals surface area (Å²) < 4.78 is 26.8. The van der Waals surface area contributed by atoms with Crippen LogP contribution in [-0.4, -0.2) is 29.4 Å². The van der Waals surface area contributed by atoms with Crippen molar-refractivity contribution in [2.45, 2.75) is 35.5 Å². The van der Waals surface area contributed by atoms with Crippen molar-refractivity contribution in [3.8, 4) is 0 Å². The number of carbonyl (C=O) groups excluding carboxylic acids is 1. The number of sulfonamides is 1. The SMILES string of the molecule is Cc1ccc(S(=O)(=O)N2C=C[C@H]3C(=O)[C@@H](Br)CC[C@H]32)cc1. The van der Waals surface area contributed by atoms with Gasteiger partial charge in [-0.3, -0.25) is 9.10 Å². The van der Waals surface area contributed by atoms with E-state index in [-0.39, 0.29) is 27.5 Å². The molecule has 112 valence electrons. The molecule has 1 aromatic carbocycles. The molecular weight excluding hydrogens is 354 g/mol. The number of fused-ring (bicyclic) bond motifs is 1. The molecule has 1 aliphatic carbocycles. The molecule has 0 bridgehead atoms. The van der Waals surface area contributed by atoms with E-state index in [9.17, 15) is 13.2 Å². The van der Waals surface area contributed by atoms with Crippen molar-refractivity contribution in [2.24, 2.45) is 5.92 Å². The fourth-order valence-corrected chi connectivity index (χ4v) is 5.04. The fraction of sp³-hybridized carbons (Fsp3) is 0.400. The number of Topliss-reactive ketones (excluding diaryl/α,β-unsaturated/α-hetero) is 1. The van der Waals surface area contributed by atoms with E-state index in [1.54, 1.807) is 36.5 Å². The lowest BCUT2D eigenvalue weighted by Gasteiger charge is -2.33. The molecule has 21 heavy (non-hydrogen) atoms. The summed E-state index contributed by atoms with van der Waals surface area (Å²) in [6.45, 7) is 1.91. The largest absolute Gasteiger partial charge is 0.298 e. The second-order valence-electron chi connectivity index (χ2n) is 5.53. The summed E-state index contributed by atoms with van der Waals surface area (Å²) in [7, 11) is -3.59. The Morgan fingerprint density at radius 3 is 2.52 bits per heavy atom. The van der Waals surface area contributed by atoms with Crippen LogP contribution in [0.3, 0.4) is 0 Å². The highest BCUT2D eigenvalue weighted by Crippen LogP contribution is 2.37. The van der Waals surface area contributed by atoms with Gasteiger partial charge in [-0.2, -0.15) is 0 Å². The highest BCUT2D eigenvalue weighted by molar-refractivity contribution is 9.10. The van der Waals surface area contributed by atoms with Gasteiger partial charge in [0.2, 0.25) is 0 Å². The van der Waals surface area contributed by atoms with Crippen molar-refractivity contribution in [2.75, 3.05) is 0 Å². The first-order chi connectivity index (χ1) is 9.91. The standard InChI is InChI=1S/C15H16BrNO3S/c1-10-2-4-11(5-3-10)21(19,20)17-9-8-12-14(17)7-6-13(16)15(12)18/h2-5,8-9,12-14H,6-7H2,1H3/t12-,13+,14-/m1/s1. The van der Waals surface area contributed by atoms with E-state index >= 15 is 0 Å². The third-order valence-electron chi connectivity index (χ3n) is 4.13. The minimum atomic E-state index is -3.59. The first-order valence-corrected chi connectivity index (χ1v) is 9.23. The lowest BCUT2D eigenvalue weighted by molar-refractivity contribution is -0.123. The van der Waals surface area contributed by atoms with Crippen LogP contribution < -0.4 is 0 Å². The number of alkyl halides is 1. The zero-order valence-corrected chi connectivity index (χ0v) is 14.0. The minimum absolute atomic E-state index is 0.0732. The molecule has 1 aliphatic heterocycles. The molecule has 0 saturated heterocycles. The maximum absolute atomic E-state index is 12.7. The number of rotatable bonds is 2. The first-order valence-electron chi connectivity index (χ1n) is 6.87.